The molecule has 142 valence electrons. The van der Waals surface area contributed by atoms with Gasteiger partial charge in [-0.05, 0) is 24.6 Å². The van der Waals surface area contributed by atoms with Gasteiger partial charge in [0.25, 0.3) is 0 Å². The summed E-state index contributed by atoms with van der Waals surface area (Å²) in [6.07, 6.45) is 5.10. The third-order valence-electron chi connectivity index (χ3n) is 5.48. The van der Waals surface area contributed by atoms with Crippen LogP contribution in [0, 0.1) is 17.7 Å². The molecule has 7 heteroatoms. The molecule has 0 spiro atoms. The minimum Gasteiger partial charge on any atom is -0.372 e. The second-order valence-electron chi connectivity index (χ2n) is 7.08. The fourth-order valence-electron chi connectivity index (χ4n) is 4.33. The Hall–Kier alpha value is -2.54. The smallest absolute Gasteiger partial charge is 0.249 e. The Kier molecular flexibility index (Phi) is 5.03. The molecule has 27 heavy (non-hydrogen) atoms. The second kappa shape index (κ2) is 7.60. The summed E-state index contributed by atoms with van der Waals surface area (Å²) >= 11 is 0. The zero-order chi connectivity index (χ0) is 18.8. The molecule has 2 aromatic rings. The first kappa shape index (κ1) is 17.9. The number of hydrogen-bond donors (Lipinski definition) is 0. The van der Waals surface area contributed by atoms with E-state index in [1.807, 2.05) is 17.9 Å². The number of carbonyl (C=O) groups is 1. The Morgan fingerprint density at radius 2 is 2.19 bits per heavy atom. The van der Waals surface area contributed by atoms with Crippen LogP contribution in [0.2, 0.25) is 0 Å². The summed E-state index contributed by atoms with van der Waals surface area (Å²) in [6, 6.07) is 6.43. The number of aromatic nitrogens is 2. The lowest BCUT2D eigenvalue weighted by Crippen LogP contribution is -2.38. The lowest BCUT2D eigenvalue weighted by Gasteiger charge is -2.30. The fraction of sp³-hybridized carbons (Fsp3) is 0.450. The molecule has 3 atom stereocenters. The largest absolute Gasteiger partial charge is 0.372 e. The van der Waals surface area contributed by atoms with Crippen molar-refractivity contribution in [2.45, 2.75) is 13.0 Å². The molecule has 3 heterocycles. The van der Waals surface area contributed by atoms with Crippen molar-refractivity contribution < 1.29 is 13.9 Å². The molecule has 0 N–H and O–H groups in total. The topological polar surface area (TPSA) is 58.6 Å². The Bertz CT molecular complexity index is 804. The minimum atomic E-state index is -0.281. The molecule has 0 saturated carbocycles. The first-order valence-electron chi connectivity index (χ1n) is 9.31. The summed E-state index contributed by atoms with van der Waals surface area (Å²) in [5.41, 5.74) is 0.841. The number of likely N-dealkylation sites (tertiary alicyclic amines) is 1. The first-order chi connectivity index (χ1) is 13.2. The van der Waals surface area contributed by atoms with Gasteiger partial charge in [-0.2, -0.15) is 0 Å². The maximum absolute atomic E-state index is 13.9. The molecule has 2 aliphatic heterocycles. The van der Waals surface area contributed by atoms with Crippen molar-refractivity contribution in [2.24, 2.45) is 11.8 Å². The van der Waals surface area contributed by atoms with Gasteiger partial charge in [0.2, 0.25) is 5.91 Å². The summed E-state index contributed by atoms with van der Waals surface area (Å²) in [6.45, 7) is 4.66. The van der Waals surface area contributed by atoms with Crippen LogP contribution in [-0.4, -0.2) is 53.6 Å². The number of benzene rings is 1. The summed E-state index contributed by atoms with van der Waals surface area (Å²) in [7, 11) is 0. The summed E-state index contributed by atoms with van der Waals surface area (Å²) in [5.74, 6) is 1.06. The molecular formula is C20H23FN4O2. The van der Waals surface area contributed by atoms with E-state index in [4.69, 9.17) is 4.74 Å². The predicted octanol–water partition coefficient (Wildman–Crippen LogP) is 2.29. The maximum Gasteiger partial charge on any atom is 0.249 e. The molecule has 2 fully saturated rings. The Balaban J connectivity index is 1.61. The van der Waals surface area contributed by atoms with Crippen LogP contribution in [-0.2, 0) is 9.53 Å². The van der Waals surface area contributed by atoms with Crippen molar-refractivity contribution >= 4 is 11.7 Å². The molecule has 1 aromatic heterocycles. The van der Waals surface area contributed by atoms with Crippen LogP contribution in [0.3, 0.4) is 0 Å². The predicted molar refractivity (Wildman–Crippen MR) is 98.6 cm³/mol. The van der Waals surface area contributed by atoms with Gasteiger partial charge in [0.1, 0.15) is 18.2 Å². The van der Waals surface area contributed by atoms with Gasteiger partial charge in [0.15, 0.2) is 0 Å². The standard InChI is InChI=1S/C20H23FN4O2/c1-2-27-13-19(26)25-11-15-10-24(18-9-22-6-7-23-18)12-17(15)20(25)14-4-3-5-16(21)8-14/h3-9,15,17,20H,2,10-13H2,1H3/t15-,17-,20-/m0/s1. The lowest BCUT2D eigenvalue weighted by atomic mass is 9.89. The summed E-state index contributed by atoms with van der Waals surface area (Å²) in [4.78, 5) is 25.4. The van der Waals surface area contributed by atoms with Gasteiger partial charge in [0.05, 0.1) is 12.2 Å². The van der Waals surface area contributed by atoms with Gasteiger partial charge < -0.3 is 14.5 Å². The first-order valence-corrected chi connectivity index (χ1v) is 9.31. The summed E-state index contributed by atoms with van der Waals surface area (Å²) < 4.78 is 19.2. The van der Waals surface area contributed by atoms with E-state index >= 15 is 0 Å². The van der Waals surface area contributed by atoms with Gasteiger partial charge >= 0.3 is 0 Å². The highest BCUT2D eigenvalue weighted by molar-refractivity contribution is 5.78. The molecule has 2 aliphatic rings. The normalized spacial score (nSPS) is 24.3. The number of hydrogen-bond acceptors (Lipinski definition) is 5. The van der Waals surface area contributed by atoms with Crippen LogP contribution in [0.4, 0.5) is 10.2 Å². The van der Waals surface area contributed by atoms with E-state index in [0.717, 1.165) is 24.5 Å². The average Bonchev–Trinajstić information content (AvgIpc) is 3.24. The molecule has 1 amide bonds. The van der Waals surface area contributed by atoms with Gasteiger partial charge in [-0.3, -0.25) is 9.78 Å². The van der Waals surface area contributed by atoms with Crippen LogP contribution < -0.4 is 4.90 Å². The van der Waals surface area contributed by atoms with Crippen molar-refractivity contribution in [1.29, 1.82) is 0 Å². The highest BCUT2D eigenvalue weighted by atomic mass is 19.1. The van der Waals surface area contributed by atoms with Crippen LogP contribution in [0.15, 0.2) is 42.9 Å². The van der Waals surface area contributed by atoms with Gasteiger partial charge in [0, 0.05) is 50.5 Å². The minimum absolute atomic E-state index is 0.0356. The van der Waals surface area contributed by atoms with Crippen molar-refractivity contribution in [3.05, 3.63) is 54.2 Å². The summed E-state index contributed by atoms with van der Waals surface area (Å²) in [5, 5.41) is 0. The number of carbonyl (C=O) groups excluding carboxylic acids is 1. The van der Waals surface area contributed by atoms with E-state index in [2.05, 4.69) is 14.9 Å². The van der Waals surface area contributed by atoms with E-state index in [1.54, 1.807) is 30.7 Å². The highest BCUT2D eigenvalue weighted by Gasteiger charge is 2.49. The van der Waals surface area contributed by atoms with Crippen molar-refractivity contribution in [3.8, 4) is 0 Å². The monoisotopic (exact) mass is 370 g/mol. The van der Waals surface area contributed by atoms with Crippen LogP contribution in [0.25, 0.3) is 0 Å². The number of nitrogens with zero attached hydrogens (tertiary/aromatic N) is 4. The SMILES string of the molecule is CCOCC(=O)N1C[C@@H]2CN(c3cnccn3)C[C@@H]2[C@@H]1c1cccc(F)c1. The molecule has 0 radical (unpaired) electrons. The number of ether oxygens (including phenoxy) is 1. The molecule has 0 aliphatic carbocycles. The Labute approximate surface area is 158 Å². The second-order valence-corrected chi connectivity index (χ2v) is 7.08. The van der Waals surface area contributed by atoms with Crippen LogP contribution in [0.5, 0.6) is 0 Å². The fourth-order valence-corrected chi connectivity index (χ4v) is 4.33. The Morgan fingerprint density at radius 3 is 2.93 bits per heavy atom. The molecule has 0 unspecified atom stereocenters. The lowest BCUT2D eigenvalue weighted by molar-refractivity contribution is -0.137. The number of rotatable bonds is 5. The van der Waals surface area contributed by atoms with Crippen LogP contribution in [0.1, 0.15) is 18.5 Å². The molecule has 6 nitrogen and oxygen atoms in total. The van der Waals surface area contributed by atoms with Crippen molar-refractivity contribution in [1.82, 2.24) is 14.9 Å². The molecule has 4 rings (SSSR count). The van der Waals surface area contributed by atoms with E-state index < -0.39 is 0 Å². The molecule has 0 bridgehead atoms. The number of halogens is 1. The van der Waals surface area contributed by atoms with E-state index in [1.165, 1.54) is 6.07 Å². The van der Waals surface area contributed by atoms with Gasteiger partial charge in [-0.1, -0.05) is 12.1 Å². The molecular weight excluding hydrogens is 347 g/mol. The number of anilines is 1. The number of amides is 1. The maximum atomic E-state index is 13.9. The average molecular weight is 370 g/mol. The third kappa shape index (κ3) is 3.51. The number of fused-ring (bicyclic) bond motifs is 1. The Morgan fingerprint density at radius 1 is 1.30 bits per heavy atom. The molecule has 2 saturated heterocycles. The zero-order valence-electron chi connectivity index (χ0n) is 15.3. The van der Waals surface area contributed by atoms with E-state index in [0.29, 0.717) is 19.1 Å². The zero-order valence-corrected chi connectivity index (χ0v) is 15.3. The van der Waals surface area contributed by atoms with E-state index in [9.17, 15) is 9.18 Å². The highest BCUT2D eigenvalue weighted by Crippen LogP contribution is 2.45. The molecule has 1 aromatic carbocycles. The van der Waals surface area contributed by atoms with Crippen LogP contribution >= 0.6 is 0 Å². The van der Waals surface area contributed by atoms with Gasteiger partial charge in [-0.25, -0.2) is 9.37 Å². The van der Waals surface area contributed by atoms with E-state index in [-0.39, 0.29) is 30.3 Å². The van der Waals surface area contributed by atoms with Crippen molar-refractivity contribution in [3.63, 3.8) is 0 Å². The van der Waals surface area contributed by atoms with Crippen molar-refractivity contribution in [2.75, 3.05) is 37.7 Å². The van der Waals surface area contributed by atoms with Gasteiger partial charge in [-0.15, -0.1) is 0 Å². The quantitative estimate of drug-likeness (QED) is 0.808. The third-order valence-corrected chi connectivity index (χ3v) is 5.48.